The summed E-state index contributed by atoms with van der Waals surface area (Å²) in [5.74, 6) is 0. The Hall–Kier alpha value is -2.47. The highest BCUT2D eigenvalue weighted by molar-refractivity contribution is 5.77. The maximum atomic E-state index is 8.85. The van der Waals surface area contributed by atoms with Crippen LogP contribution in [0.15, 0.2) is 48.5 Å². The molecule has 2 aromatic carbocycles. The first-order valence-corrected chi connectivity index (χ1v) is 4.92. The molecule has 3 heteroatoms. The van der Waals surface area contributed by atoms with E-state index in [1.807, 2.05) is 36.4 Å². The van der Waals surface area contributed by atoms with E-state index < -0.39 is 0 Å². The molecule has 0 aliphatic heterocycles. The summed E-state index contributed by atoms with van der Waals surface area (Å²) in [7, 11) is 0. The molecule has 0 radical (unpaired) electrons. The number of nitrogens with two attached hydrogens (primary N) is 1. The van der Waals surface area contributed by atoms with E-state index in [4.69, 9.17) is 11.0 Å². The van der Waals surface area contributed by atoms with Gasteiger partial charge in [0.1, 0.15) is 6.07 Å². The lowest BCUT2D eigenvalue weighted by atomic mass is 10.1. The van der Waals surface area contributed by atoms with Crippen LogP contribution in [0.2, 0.25) is 0 Å². The van der Waals surface area contributed by atoms with Gasteiger partial charge in [0.2, 0.25) is 0 Å². The number of para-hydroxylation sites is 2. The number of anilines is 3. The number of rotatable bonds is 2. The first-order chi connectivity index (χ1) is 7.81. The molecule has 0 aliphatic rings. The molecule has 2 rings (SSSR count). The Balaban J connectivity index is 2.33. The second-order valence-corrected chi connectivity index (χ2v) is 3.37. The molecule has 0 unspecified atom stereocenters. The van der Waals surface area contributed by atoms with Crippen LogP contribution in [0.1, 0.15) is 5.56 Å². The maximum absolute atomic E-state index is 8.85. The van der Waals surface area contributed by atoms with Crippen molar-refractivity contribution in [2.45, 2.75) is 0 Å². The Bertz CT molecular complexity index is 527. The van der Waals surface area contributed by atoms with E-state index in [0.29, 0.717) is 11.3 Å². The number of nitrogens with one attached hydrogen (secondary N) is 1. The van der Waals surface area contributed by atoms with E-state index in [0.717, 1.165) is 11.4 Å². The fourth-order valence-electron chi connectivity index (χ4n) is 1.45. The summed E-state index contributed by atoms with van der Waals surface area (Å²) in [4.78, 5) is 0. The van der Waals surface area contributed by atoms with Gasteiger partial charge in [0, 0.05) is 5.69 Å². The first kappa shape index (κ1) is 10.1. The molecule has 0 atom stereocenters. The number of hydrogen-bond donors (Lipinski definition) is 2. The van der Waals surface area contributed by atoms with Crippen LogP contribution < -0.4 is 11.1 Å². The predicted octanol–water partition coefficient (Wildman–Crippen LogP) is 2.88. The summed E-state index contributed by atoms with van der Waals surface area (Å²) in [5, 5.41) is 12.0. The van der Waals surface area contributed by atoms with Crippen LogP contribution in [0.5, 0.6) is 0 Å². The molecule has 0 fully saturated rings. The summed E-state index contributed by atoms with van der Waals surface area (Å²) in [5.41, 5.74) is 8.53. The Morgan fingerprint density at radius 3 is 2.44 bits per heavy atom. The van der Waals surface area contributed by atoms with Gasteiger partial charge in [-0.05, 0) is 24.3 Å². The Morgan fingerprint density at radius 1 is 1.00 bits per heavy atom. The average Bonchev–Trinajstić information content (AvgIpc) is 2.33. The highest BCUT2D eigenvalue weighted by atomic mass is 14.9. The van der Waals surface area contributed by atoms with Gasteiger partial charge in [-0.1, -0.05) is 24.3 Å². The quantitative estimate of drug-likeness (QED) is 0.747. The van der Waals surface area contributed by atoms with Gasteiger partial charge in [-0.2, -0.15) is 5.26 Å². The number of benzene rings is 2. The van der Waals surface area contributed by atoms with Crippen LogP contribution in [-0.4, -0.2) is 0 Å². The molecule has 0 aromatic heterocycles. The maximum Gasteiger partial charge on any atom is 0.101 e. The second kappa shape index (κ2) is 4.37. The van der Waals surface area contributed by atoms with Crippen LogP contribution in [0.25, 0.3) is 0 Å². The minimum Gasteiger partial charge on any atom is -0.396 e. The minimum atomic E-state index is 0.480. The van der Waals surface area contributed by atoms with Crippen LogP contribution in [0, 0.1) is 11.3 Å². The molecule has 78 valence electrons. The Morgan fingerprint density at radius 2 is 1.75 bits per heavy atom. The van der Waals surface area contributed by atoms with Crippen molar-refractivity contribution < 1.29 is 0 Å². The molecule has 0 heterocycles. The van der Waals surface area contributed by atoms with Crippen molar-refractivity contribution in [2.24, 2.45) is 0 Å². The topological polar surface area (TPSA) is 61.8 Å². The number of nitriles is 1. The van der Waals surface area contributed by atoms with Gasteiger partial charge in [0.25, 0.3) is 0 Å². The van der Waals surface area contributed by atoms with Gasteiger partial charge in [0.15, 0.2) is 0 Å². The third-order valence-electron chi connectivity index (χ3n) is 2.28. The second-order valence-electron chi connectivity index (χ2n) is 3.37. The lowest BCUT2D eigenvalue weighted by Crippen LogP contribution is -1.98. The molecule has 0 saturated heterocycles. The van der Waals surface area contributed by atoms with E-state index in [-0.39, 0.29) is 0 Å². The Kier molecular flexibility index (Phi) is 2.75. The molecule has 0 saturated carbocycles. The molecule has 0 aliphatic carbocycles. The van der Waals surface area contributed by atoms with E-state index in [9.17, 15) is 0 Å². The largest absolute Gasteiger partial charge is 0.396 e. The summed E-state index contributed by atoms with van der Waals surface area (Å²) in [6.45, 7) is 0. The predicted molar refractivity (Wildman–Crippen MR) is 65.3 cm³/mol. The standard InChI is InChI=1S/C13H11N3/c14-9-10-5-4-8-12(13(10)15)16-11-6-2-1-3-7-11/h1-8,16H,15H2. The Labute approximate surface area is 94.1 Å². The highest BCUT2D eigenvalue weighted by Gasteiger charge is 2.03. The molecule has 3 nitrogen and oxygen atoms in total. The van der Waals surface area contributed by atoms with Gasteiger partial charge < -0.3 is 11.1 Å². The van der Waals surface area contributed by atoms with Crippen LogP contribution in [0.4, 0.5) is 17.1 Å². The van der Waals surface area contributed by atoms with Gasteiger partial charge in [0.05, 0.1) is 16.9 Å². The number of hydrogen-bond acceptors (Lipinski definition) is 3. The summed E-state index contributed by atoms with van der Waals surface area (Å²) in [6, 6.07) is 17.1. The van der Waals surface area contributed by atoms with Crippen molar-refractivity contribution >= 4 is 17.1 Å². The van der Waals surface area contributed by atoms with Gasteiger partial charge >= 0.3 is 0 Å². The van der Waals surface area contributed by atoms with Gasteiger partial charge in [-0.3, -0.25) is 0 Å². The lowest BCUT2D eigenvalue weighted by molar-refractivity contribution is 1.47. The van der Waals surface area contributed by atoms with E-state index in [2.05, 4.69) is 11.4 Å². The van der Waals surface area contributed by atoms with Crippen molar-refractivity contribution in [2.75, 3.05) is 11.1 Å². The minimum absolute atomic E-state index is 0.480. The molecule has 2 aromatic rings. The van der Waals surface area contributed by atoms with E-state index in [1.165, 1.54) is 0 Å². The zero-order chi connectivity index (χ0) is 11.4. The number of nitrogens with zero attached hydrogens (tertiary/aromatic N) is 1. The van der Waals surface area contributed by atoms with Crippen LogP contribution in [0.3, 0.4) is 0 Å². The zero-order valence-corrected chi connectivity index (χ0v) is 8.64. The van der Waals surface area contributed by atoms with Crippen LogP contribution in [-0.2, 0) is 0 Å². The molecule has 3 N–H and O–H groups in total. The zero-order valence-electron chi connectivity index (χ0n) is 8.64. The molecule has 0 bridgehead atoms. The normalized spacial score (nSPS) is 9.44. The average molecular weight is 209 g/mol. The summed E-state index contributed by atoms with van der Waals surface area (Å²) < 4.78 is 0. The van der Waals surface area contributed by atoms with Crippen molar-refractivity contribution in [1.82, 2.24) is 0 Å². The van der Waals surface area contributed by atoms with Crippen molar-refractivity contribution in [3.05, 3.63) is 54.1 Å². The van der Waals surface area contributed by atoms with Crippen LogP contribution >= 0.6 is 0 Å². The monoisotopic (exact) mass is 209 g/mol. The highest BCUT2D eigenvalue weighted by Crippen LogP contribution is 2.25. The third kappa shape index (κ3) is 1.96. The van der Waals surface area contributed by atoms with Gasteiger partial charge in [-0.25, -0.2) is 0 Å². The molecule has 16 heavy (non-hydrogen) atoms. The van der Waals surface area contributed by atoms with E-state index >= 15 is 0 Å². The third-order valence-corrected chi connectivity index (χ3v) is 2.28. The van der Waals surface area contributed by atoms with Crippen molar-refractivity contribution in [3.63, 3.8) is 0 Å². The van der Waals surface area contributed by atoms with Crippen molar-refractivity contribution in [3.8, 4) is 6.07 Å². The molecular formula is C13H11N3. The number of nitrogen functional groups attached to an aromatic ring is 1. The lowest BCUT2D eigenvalue weighted by Gasteiger charge is -2.09. The molecule has 0 spiro atoms. The molecule has 0 amide bonds. The van der Waals surface area contributed by atoms with E-state index in [1.54, 1.807) is 12.1 Å². The van der Waals surface area contributed by atoms with Gasteiger partial charge in [-0.15, -0.1) is 0 Å². The smallest absolute Gasteiger partial charge is 0.101 e. The summed E-state index contributed by atoms with van der Waals surface area (Å²) >= 11 is 0. The van der Waals surface area contributed by atoms with Crippen molar-refractivity contribution in [1.29, 1.82) is 5.26 Å². The fourth-order valence-corrected chi connectivity index (χ4v) is 1.45. The first-order valence-electron chi connectivity index (χ1n) is 4.92. The fraction of sp³-hybridized carbons (Fsp3) is 0. The molecular weight excluding hydrogens is 198 g/mol. The SMILES string of the molecule is N#Cc1cccc(Nc2ccccc2)c1N. The summed E-state index contributed by atoms with van der Waals surface area (Å²) in [6.07, 6.45) is 0.